The molecular formula is C17H24N2O4. The van der Waals surface area contributed by atoms with Gasteiger partial charge in [0.05, 0.1) is 13.1 Å². The summed E-state index contributed by atoms with van der Waals surface area (Å²) in [7, 11) is 0. The van der Waals surface area contributed by atoms with Gasteiger partial charge in [-0.15, -0.1) is 0 Å². The summed E-state index contributed by atoms with van der Waals surface area (Å²) >= 11 is 0. The lowest BCUT2D eigenvalue weighted by Gasteiger charge is -2.21. The molecular weight excluding hydrogens is 296 g/mol. The number of aryl methyl sites for hydroxylation is 1. The Balaban J connectivity index is 1.93. The van der Waals surface area contributed by atoms with Crippen LogP contribution in [0.4, 0.5) is 4.79 Å². The molecule has 1 aromatic carbocycles. The van der Waals surface area contributed by atoms with Crippen molar-refractivity contribution >= 4 is 11.9 Å². The van der Waals surface area contributed by atoms with Crippen LogP contribution in [0.5, 0.6) is 5.75 Å². The van der Waals surface area contributed by atoms with Crippen LogP contribution < -0.4 is 10.1 Å². The number of carbonyl (C=O) groups excluding carboxylic acids is 2. The molecule has 2 N–H and O–H groups in total. The van der Waals surface area contributed by atoms with Crippen LogP contribution >= 0.6 is 0 Å². The molecule has 0 aliphatic carbocycles. The van der Waals surface area contributed by atoms with Crippen LogP contribution in [0.1, 0.15) is 31.9 Å². The van der Waals surface area contributed by atoms with Crippen LogP contribution in [-0.4, -0.2) is 47.7 Å². The monoisotopic (exact) mass is 320 g/mol. The van der Waals surface area contributed by atoms with E-state index in [2.05, 4.69) is 32.2 Å². The molecule has 0 bridgehead atoms. The number of aliphatic hydroxyl groups excluding tert-OH is 1. The largest absolute Gasteiger partial charge is 0.491 e. The van der Waals surface area contributed by atoms with Crippen LogP contribution in [0, 0.1) is 6.92 Å². The van der Waals surface area contributed by atoms with E-state index in [0.29, 0.717) is 5.75 Å². The fourth-order valence-electron chi connectivity index (χ4n) is 2.37. The number of ether oxygens (including phenoxy) is 1. The lowest BCUT2D eigenvalue weighted by Crippen LogP contribution is -2.39. The fourth-order valence-corrected chi connectivity index (χ4v) is 2.37. The van der Waals surface area contributed by atoms with Crippen molar-refractivity contribution in [2.45, 2.75) is 39.2 Å². The minimum atomic E-state index is -0.926. The number of aliphatic hydroxyl groups is 1. The summed E-state index contributed by atoms with van der Waals surface area (Å²) in [5.74, 6) is 0.356. The summed E-state index contributed by atoms with van der Waals surface area (Å²) in [6.45, 7) is 8.32. The van der Waals surface area contributed by atoms with Gasteiger partial charge in [-0.05, 0) is 29.5 Å². The van der Waals surface area contributed by atoms with Crippen molar-refractivity contribution in [2.75, 3.05) is 19.7 Å². The maximum atomic E-state index is 11.5. The SMILES string of the molecule is Cc1cc(C(C)(C)C)ccc1OC[C@@H](O)CN1C(=O)CNC1=O. The van der Waals surface area contributed by atoms with Crippen LogP contribution in [0.3, 0.4) is 0 Å². The molecule has 0 saturated carbocycles. The molecule has 6 heteroatoms. The number of benzene rings is 1. The van der Waals surface area contributed by atoms with Gasteiger partial charge in [0.15, 0.2) is 0 Å². The second kappa shape index (κ2) is 6.58. The van der Waals surface area contributed by atoms with E-state index in [0.717, 1.165) is 10.5 Å². The molecule has 1 aliphatic rings. The van der Waals surface area contributed by atoms with Crippen molar-refractivity contribution in [3.8, 4) is 5.75 Å². The molecule has 126 valence electrons. The van der Waals surface area contributed by atoms with Crippen LogP contribution in [0.2, 0.25) is 0 Å². The second-order valence-electron chi connectivity index (χ2n) is 6.86. The molecule has 3 amide bonds. The molecule has 1 atom stereocenters. The zero-order valence-corrected chi connectivity index (χ0v) is 14.0. The van der Waals surface area contributed by atoms with Crippen molar-refractivity contribution in [3.05, 3.63) is 29.3 Å². The normalized spacial score (nSPS) is 16.5. The van der Waals surface area contributed by atoms with Gasteiger partial charge in [0.2, 0.25) is 5.91 Å². The first-order valence-electron chi connectivity index (χ1n) is 7.68. The summed E-state index contributed by atoms with van der Waals surface area (Å²) < 4.78 is 5.63. The number of nitrogens with one attached hydrogen (secondary N) is 1. The Morgan fingerprint density at radius 3 is 2.57 bits per heavy atom. The third-order valence-electron chi connectivity index (χ3n) is 3.80. The number of hydrogen-bond acceptors (Lipinski definition) is 4. The Kier molecular flexibility index (Phi) is 4.94. The van der Waals surface area contributed by atoms with Crippen molar-refractivity contribution in [1.29, 1.82) is 0 Å². The van der Waals surface area contributed by atoms with Gasteiger partial charge >= 0.3 is 6.03 Å². The molecule has 0 aromatic heterocycles. The van der Waals surface area contributed by atoms with E-state index < -0.39 is 12.1 Å². The minimum absolute atomic E-state index is 0.0141. The number of carbonyl (C=O) groups is 2. The first kappa shape index (κ1) is 17.3. The molecule has 1 aromatic rings. The van der Waals surface area contributed by atoms with E-state index in [4.69, 9.17) is 4.74 Å². The highest BCUT2D eigenvalue weighted by Crippen LogP contribution is 2.27. The zero-order valence-electron chi connectivity index (χ0n) is 14.0. The van der Waals surface area contributed by atoms with Crippen molar-refractivity contribution in [2.24, 2.45) is 0 Å². The van der Waals surface area contributed by atoms with Crippen molar-refractivity contribution in [3.63, 3.8) is 0 Å². The van der Waals surface area contributed by atoms with Gasteiger partial charge in [0.1, 0.15) is 18.5 Å². The van der Waals surface area contributed by atoms with Crippen molar-refractivity contribution < 1.29 is 19.4 Å². The maximum Gasteiger partial charge on any atom is 0.324 e. The number of β-amino-alcohol motifs (C(OH)–C–C–N with tert-alkyl or cyclic N) is 1. The quantitative estimate of drug-likeness (QED) is 0.808. The zero-order chi connectivity index (χ0) is 17.2. The Morgan fingerprint density at radius 1 is 1.35 bits per heavy atom. The first-order chi connectivity index (χ1) is 10.7. The topological polar surface area (TPSA) is 78.9 Å². The standard InChI is InChI=1S/C17H24N2O4/c1-11-7-12(17(2,3)4)5-6-14(11)23-10-13(20)9-19-15(21)8-18-16(19)22/h5-7,13,20H,8-10H2,1-4H3,(H,18,22)/t13-/m0/s1. The Hall–Kier alpha value is -2.08. The Bertz CT molecular complexity index is 591. The number of amides is 3. The Morgan fingerprint density at radius 2 is 2.04 bits per heavy atom. The van der Waals surface area contributed by atoms with E-state index in [1.165, 1.54) is 5.56 Å². The summed E-state index contributed by atoms with van der Waals surface area (Å²) in [4.78, 5) is 23.9. The molecule has 0 spiro atoms. The van der Waals surface area contributed by atoms with Crippen LogP contribution in [-0.2, 0) is 10.2 Å². The van der Waals surface area contributed by atoms with E-state index in [-0.39, 0.29) is 31.0 Å². The lowest BCUT2D eigenvalue weighted by molar-refractivity contribution is -0.126. The molecule has 0 radical (unpaired) electrons. The van der Waals surface area contributed by atoms with Gasteiger partial charge in [-0.1, -0.05) is 32.9 Å². The smallest absolute Gasteiger partial charge is 0.324 e. The number of nitrogens with zero attached hydrogens (tertiary/aromatic N) is 1. The minimum Gasteiger partial charge on any atom is -0.491 e. The summed E-state index contributed by atoms with van der Waals surface area (Å²) in [5.41, 5.74) is 2.26. The third kappa shape index (κ3) is 4.22. The van der Waals surface area contributed by atoms with Crippen molar-refractivity contribution in [1.82, 2.24) is 10.2 Å². The fraction of sp³-hybridized carbons (Fsp3) is 0.529. The molecule has 2 rings (SSSR count). The number of hydrogen-bond donors (Lipinski definition) is 2. The van der Waals surface area contributed by atoms with E-state index >= 15 is 0 Å². The summed E-state index contributed by atoms with van der Waals surface area (Å²) in [6.07, 6.45) is -0.926. The second-order valence-corrected chi connectivity index (χ2v) is 6.86. The van der Waals surface area contributed by atoms with Gasteiger partial charge < -0.3 is 15.2 Å². The van der Waals surface area contributed by atoms with E-state index in [1.54, 1.807) is 0 Å². The molecule has 6 nitrogen and oxygen atoms in total. The Labute approximate surface area is 136 Å². The highest BCUT2D eigenvalue weighted by Gasteiger charge is 2.30. The average Bonchev–Trinajstić information content (AvgIpc) is 2.77. The van der Waals surface area contributed by atoms with Gasteiger partial charge in [-0.3, -0.25) is 9.69 Å². The number of urea groups is 1. The summed E-state index contributed by atoms with van der Waals surface area (Å²) in [6, 6.07) is 5.49. The molecule has 23 heavy (non-hydrogen) atoms. The number of imide groups is 1. The highest BCUT2D eigenvalue weighted by molar-refractivity contribution is 6.01. The third-order valence-corrected chi connectivity index (χ3v) is 3.80. The van der Waals surface area contributed by atoms with Gasteiger partial charge in [-0.25, -0.2) is 4.79 Å². The van der Waals surface area contributed by atoms with Crippen LogP contribution in [0.15, 0.2) is 18.2 Å². The molecule has 0 unspecified atom stereocenters. The first-order valence-corrected chi connectivity index (χ1v) is 7.68. The van der Waals surface area contributed by atoms with Gasteiger partial charge in [0.25, 0.3) is 0 Å². The molecule has 1 fully saturated rings. The number of rotatable bonds is 5. The van der Waals surface area contributed by atoms with Crippen LogP contribution in [0.25, 0.3) is 0 Å². The van der Waals surface area contributed by atoms with E-state index in [9.17, 15) is 14.7 Å². The van der Waals surface area contributed by atoms with E-state index in [1.807, 2.05) is 19.1 Å². The average molecular weight is 320 g/mol. The lowest BCUT2D eigenvalue weighted by atomic mass is 9.86. The van der Waals surface area contributed by atoms with Gasteiger partial charge in [0, 0.05) is 0 Å². The predicted molar refractivity (Wildman–Crippen MR) is 86.5 cm³/mol. The highest BCUT2D eigenvalue weighted by atomic mass is 16.5. The molecule has 1 aliphatic heterocycles. The summed E-state index contributed by atoms with van der Waals surface area (Å²) in [5, 5.41) is 12.4. The van der Waals surface area contributed by atoms with Gasteiger partial charge in [-0.2, -0.15) is 0 Å². The molecule has 1 saturated heterocycles. The maximum absolute atomic E-state index is 11.5. The molecule has 1 heterocycles. The predicted octanol–water partition coefficient (Wildman–Crippen LogP) is 1.58.